The van der Waals surface area contributed by atoms with Crippen molar-refractivity contribution in [2.24, 2.45) is 0 Å². The van der Waals surface area contributed by atoms with Crippen LogP contribution in [0.25, 0.3) is 0 Å². The van der Waals surface area contributed by atoms with Crippen LogP contribution in [-0.4, -0.2) is 22.5 Å². The van der Waals surface area contributed by atoms with Gasteiger partial charge >= 0.3 is 0 Å². The first kappa shape index (κ1) is 22.7. The first-order valence-electron chi connectivity index (χ1n) is 8.74. The monoisotopic (exact) mass is 388 g/mol. The van der Waals surface area contributed by atoms with E-state index in [2.05, 4.69) is 21.9 Å². The van der Waals surface area contributed by atoms with Gasteiger partial charge < -0.3 is 10.1 Å². The summed E-state index contributed by atoms with van der Waals surface area (Å²) in [4.78, 5) is 19.5. The molecule has 8 heteroatoms. The number of aromatic nitrogens is 2. The van der Waals surface area contributed by atoms with Crippen molar-refractivity contribution < 1.29 is 18.3 Å². The smallest absolute Gasteiger partial charge is 0.246 e. The summed E-state index contributed by atoms with van der Waals surface area (Å²) in [5, 5.41) is 11.3. The fourth-order valence-electron chi connectivity index (χ4n) is 2.08. The van der Waals surface area contributed by atoms with Crippen LogP contribution in [0.5, 0.6) is 5.88 Å². The molecule has 0 aliphatic carbocycles. The highest BCUT2D eigenvalue weighted by atomic mass is 19.1. The van der Waals surface area contributed by atoms with Gasteiger partial charge in [0.25, 0.3) is 0 Å². The van der Waals surface area contributed by atoms with Crippen molar-refractivity contribution in [3.05, 3.63) is 65.6 Å². The van der Waals surface area contributed by atoms with E-state index in [1.807, 2.05) is 19.9 Å². The Morgan fingerprint density at radius 1 is 1.21 bits per heavy atom. The lowest BCUT2D eigenvalue weighted by atomic mass is 10.1. The number of hydrogen-bond donors (Lipinski definition) is 1. The van der Waals surface area contributed by atoms with Crippen LogP contribution < -0.4 is 10.1 Å². The fourth-order valence-corrected chi connectivity index (χ4v) is 2.08. The predicted molar refractivity (Wildman–Crippen MR) is 100 cm³/mol. The van der Waals surface area contributed by atoms with Gasteiger partial charge in [-0.3, -0.25) is 4.79 Å². The van der Waals surface area contributed by atoms with Gasteiger partial charge in [-0.25, -0.2) is 18.7 Å². The Bertz CT molecular complexity index is 830. The molecule has 0 saturated heterocycles. The quantitative estimate of drug-likeness (QED) is 0.550. The molecule has 1 amide bonds. The second-order valence-electron chi connectivity index (χ2n) is 5.37. The van der Waals surface area contributed by atoms with Gasteiger partial charge in [0, 0.05) is 24.3 Å². The Morgan fingerprint density at radius 2 is 1.89 bits per heavy atom. The number of carbonyl (C=O) groups excluding carboxylic acids is 1. The number of nitriles is 1. The molecule has 0 atom stereocenters. The van der Waals surface area contributed by atoms with Crippen molar-refractivity contribution in [3.8, 4) is 11.9 Å². The summed E-state index contributed by atoms with van der Waals surface area (Å²) < 4.78 is 31.6. The number of rotatable bonds is 8. The molecule has 0 saturated carbocycles. The molecule has 6 nitrogen and oxygen atoms in total. The number of nitrogens with zero attached hydrogens (tertiary/aromatic N) is 3. The number of hydrogen-bond acceptors (Lipinski definition) is 5. The Kier molecular flexibility index (Phi) is 9.83. The van der Waals surface area contributed by atoms with E-state index in [-0.39, 0.29) is 24.7 Å². The third-order valence-electron chi connectivity index (χ3n) is 3.33. The lowest BCUT2D eigenvalue weighted by Gasteiger charge is -2.09. The molecule has 0 fully saturated rings. The lowest BCUT2D eigenvalue weighted by molar-refractivity contribution is -0.117. The van der Waals surface area contributed by atoms with Gasteiger partial charge in [0.2, 0.25) is 11.8 Å². The molecule has 0 aliphatic rings. The van der Waals surface area contributed by atoms with Crippen molar-refractivity contribution in [2.45, 2.75) is 33.2 Å². The average molecular weight is 388 g/mol. The van der Waals surface area contributed by atoms with Crippen LogP contribution in [-0.2, 0) is 11.3 Å². The Morgan fingerprint density at radius 3 is 2.54 bits per heavy atom. The van der Waals surface area contributed by atoms with Gasteiger partial charge in [-0.2, -0.15) is 5.26 Å². The Balaban J connectivity index is 0.00000190. The Hall–Kier alpha value is -3.34. The molecule has 1 N–H and O–H groups in total. The largest absolute Gasteiger partial charge is 0.478 e. The van der Waals surface area contributed by atoms with Crippen LogP contribution in [0.15, 0.2) is 42.7 Å². The third-order valence-corrected chi connectivity index (χ3v) is 3.33. The highest BCUT2D eigenvalue weighted by molar-refractivity contribution is 5.92. The lowest BCUT2D eigenvalue weighted by Crippen LogP contribution is -2.24. The number of amides is 1. The van der Waals surface area contributed by atoms with E-state index >= 15 is 0 Å². The molecule has 0 aliphatic heterocycles. The maximum atomic E-state index is 13.1. The standard InChI is InChI=1S/C18H16F2N4O2.C2H6/c1-12(3-2-4-26-17-8-16(9-21)23-11-24-17)18(25)22-10-13-5-14(19)7-15(20)6-13;1-2/h5-8,11H,1-4,10H2,(H,22,25);1-2H3. The summed E-state index contributed by atoms with van der Waals surface area (Å²) >= 11 is 0. The molecule has 0 radical (unpaired) electrons. The summed E-state index contributed by atoms with van der Waals surface area (Å²) in [6.45, 7) is 7.97. The van der Waals surface area contributed by atoms with E-state index in [9.17, 15) is 13.6 Å². The number of benzene rings is 1. The SMILES string of the molecule is C=C(CCCOc1cc(C#N)ncn1)C(=O)NCc1cc(F)cc(F)c1.CC. The highest BCUT2D eigenvalue weighted by Gasteiger charge is 2.08. The number of halogens is 2. The maximum absolute atomic E-state index is 13.1. The summed E-state index contributed by atoms with van der Waals surface area (Å²) in [5.41, 5.74) is 0.850. The molecule has 1 aromatic carbocycles. The summed E-state index contributed by atoms with van der Waals surface area (Å²) in [6.07, 6.45) is 2.11. The van der Waals surface area contributed by atoms with Crippen LogP contribution in [0, 0.1) is 23.0 Å². The van der Waals surface area contributed by atoms with Crippen LogP contribution in [0.4, 0.5) is 8.78 Å². The number of carbonyl (C=O) groups is 1. The molecule has 2 aromatic rings. The van der Waals surface area contributed by atoms with Gasteiger partial charge in [0.05, 0.1) is 6.61 Å². The van der Waals surface area contributed by atoms with Crippen LogP contribution in [0.3, 0.4) is 0 Å². The Labute approximate surface area is 162 Å². The van der Waals surface area contributed by atoms with Gasteiger partial charge in [0.15, 0.2) is 0 Å². The first-order valence-corrected chi connectivity index (χ1v) is 8.74. The van der Waals surface area contributed by atoms with E-state index in [0.717, 1.165) is 18.2 Å². The molecule has 2 rings (SSSR count). The van der Waals surface area contributed by atoms with Gasteiger partial charge in [-0.15, -0.1) is 0 Å². The molecule has 0 spiro atoms. The maximum Gasteiger partial charge on any atom is 0.246 e. The molecule has 1 aromatic heterocycles. The first-order chi connectivity index (χ1) is 13.5. The van der Waals surface area contributed by atoms with Crippen LogP contribution in [0.2, 0.25) is 0 Å². The zero-order valence-corrected chi connectivity index (χ0v) is 15.8. The predicted octanol–water partition coefficient (Wildman–Crippen LogP) is 3.68. The minimum Gasteiger partial charge on any atom is -0.478 e. The molecule has 0 bridgehead atoms. The van der Waals surface area contributed by atoms with E-state index in [4.69, 9.17) is 10.00 Å². The molecule has 1 heterocycles. The van der Waals surface area contributed by atoms with Crippen LogP contribution in [0.1, 0.15) is 37.9 Å². The van der Waals surface area contributed by atoms with Gasteiger partial charge in [-0.1, -0.05) is 20.4 Å². The number of nitrogens with one attached hydrogen (secondary N) is 1. The minimum atomic E-state index is -0.700. The molecule has 0 unspecified atom stereocenters. The van der Waals surface area contributed by atoms with Gasteiger partial charge in [0.1, 0.15) is 29.7 Å². The van der Waals surface area contributed by atoms with Crippen molar-refractivity contribution in [1.29, 1.82) is 5.26 Å². The zero-order valence-electron chi connectivity index (χ0n) is 15.8. The van der Waals surface area contributed by atoms with E-state index < -0.39 is 17.5 Å². The second kappa shape index (κ2) is 12.1. The van der Waals surface area contributed by atoms with Crippen LogP contribution >= 0.6 is 0 Å². The second-order valence-corrected chi connectivity index (χ2v) is 5.37. The molecular formula is C20H22F2N4O2. The van der Waals surface area contributed by atoms with Crippen molar-refractivity contribution in [1.82, 2.24) is 15.3 Å². The highest BCUT2D eigenvalue weighted by Crippen LogP contribution is 2.10. The van der Waals surface area contributed by atoms with Crippen molar-refractivity contribution in [2.75, 3.05) is 6.61 Å². The average Bonchev–Trinajstić information content (AvgIpc) is 2.70. The van der Waals surface area contributed by atoms with Gasteiger partial charge in [-0.05, 0) is 30.5 Å². The van der Waals surface area contributed by atoms with E-state index in [1.165, 1.54) is 12.4 Å². The molecule has 148 valence electrons. The minimum absolute atomic E-state index is 0.000898. The number of ether oxygens (including phenoxy) is 1. The van der Waals surface area contributed by atoms with E-state index in [1.54, 1.807) is 0 Å². The van der Waals surface area contributed by atoms with Crippen molar-refractivity contribution >= 4 is 5.91 Å². The summed E-state index contributed by atoms with van der Waals surface area (Å²) in [7, 11) is 0. The van der Waals surface area contributed by atoms with E-state index in [0.29, 0.717) is 24.0 Å². The fraction of sp³-hybridized carbons (Fsp3) is 0.300. The third kappa shape index (κ3) is 7.91. The summed E-state index contributed by atoms with van der Waals surface area (Å²) in [6, 6.07) is 6.36. The molecular weight excluding hydrogens is 366 g/mol. The molecule has 28 heavy (non-hydrogen) atoms. The van der Waals surface area contributed by atoms with Crippen molar-refractivity contribution in [3.63, 3.8) is 0 Å². The topological polar surface area (TPSA) is 87.9 Å². The summed E-state index contributed by atoms with van der Waals surface area (Å²) in [5.74, 6) is -1.52. The zero-order chi connectivity index (χ0) is 20.9. The normalized spacial score (nSPS) is 9.54.